The van der Waals surface area contributed by atoms with Gasteiger partial charge in [0, 0.05) is 19.2 Å². The second-order valence-electron chi connectivity index (χ2n) is 3.99. The quantitative estimate of drug-likeness (QED) is 0.589. The molecule has 2 atom stereocenters. The molecule has 1 aliphatic rings. The van der Waals surface area contributed by atoms with Crippen molar-refractivity contribution in [2.24, 2.45) is 5.92 Å². The Morgan fingerprint density at radius 1 is 1.50 bits per heavy atom. The van der Waals surface area contributed by atoms with Gasteiger partial charge in [0.05, 0.1) is 0 Å². The van der Waals surface area contributed by atoms with Gasteiger partial charge >= 0.3 is 6.03 Å². The molecule has 82 valence electrons. The second kappa shape index (κ2) is 5.86. The third-order valence-electron chi connectivity index (χ3n) is 2.80. The molecular weight excluding hydrogens is 180 g/mol. The number of carbonyl (C=O) groups excluding carboxylic acids is 1. The van der Waals surface area contributed by atoms with Crippen molar-refractivity contribution < 1.29 is 9.90 Å². The summed E-state index contributed by atoms with van der Waals surface area (Å²) in [6.45, 7) is 2.84. The Balaban J connectivity index is 2.13. The van der Waals surface area contributed by atoms with Gasteiger partial charge in [-0.3, -0.25) is 0 Å². The predicted molar refractivity (Wildman–Crippen MR) is 55.0 cm³/mol. The Kier molecular flexibility index (Phi) is 4.73. The maximum absolute atomic E-state index is 11.3. The molecule has 1 fully saturated rings. The summed E-state index contributed by atoms with van der Waals surface area (Å²) in [5, 5.41) is 14.2. The third-order valence-corrected chi connectivity index (χ3v) is 2.80. The van der Waals surface area contributed by atoms with E-state index in [1.54, 1.807) is 0 Å². The molecule has 2 unspecified atom stereocenters. The molecule has 0 aromatic carbocycles. The molecule has 0 radical (unpaired) electrons. The van der Waals surface area contributed by atoms with E-state index < -0.39 is 0 Å². The molecule has 0 aromatic rings. The van der Waals surface area contributed by atoms with Gasteiger partial charge in [-0.15, -0.1) is 0 Å². The van der Waals surface area contributed by atoms with Crippen LogP contribution in [0.15, 0.2) is 0 Å². The summed E-state index contributed by atoms with van der Waals surface area (Å²) < 4.78 is 0. The maximum Gasteiger partial charge on any atom is 0.315 e. The Morgan fingerprint density at radius 2 is 2.29 bits per heavy atom. The van der Waals surface area contributed by atoms with E-state index in [0.717, 1.165) is 6.42 Å². The maximum atomic E-state index is 11.3. The Hall–Kier alpha value is -0.770. The van der Waals surface area contributed by atoms with Crippen molar-refractivity contribution in [1.29, 1.82) is 0 Å². The molecule has 14 heavy (non-hydrogen) atoms. The molecule has 1 saturated carbocycles. The minimum Gasteiger partial charge on any atom is -0.396 e. The van der Waals surface area contributed by atoms with E-state index >= 15 is 0 Å². The van der Waals surface area contributed by atoms with Crippen LogP contribution in [-0.2, 0) is 0 Å². The molecule has 0 saturated heterocycles. The van der Waals surface area contributed by atoms with Crippen LogP contribution in [0.4, 0.5) is 4.79 Å². The van der Waals surface area contributed by atoms with Crippen LogP contribution in [0.1, 0.15) is 32.6 Å². The highest BCUT2D eigenvalue weighted by molar-refractivity contribution is 5.74. The smallest absolute Gasteiger partial charge is 0.315 e. The highest BCUT2D eigenvalue weighted by atomic mass is 16.3. The number of aliphatic hydroxyl groups is 1. The number of aliphatic hydroxyl groups excluding tert-OH is 1. The topological polar surface area (TPSA) is 61.4 Å². The normalized spacial score (nSPS) is 26.1. The average molecular weight is 200 g/mol. The van der Waals surface area contributed by atoms with Gasteiger partial charge in [0.25, 0.3) is 0 Å². The number of hydrogen-bond donors (Lipinski definition) is 3. The van der Waals surface area contributed by atoms with Crippen LogP contribution in [0.2, 0.25) is 0 Å². The lowest BCUT2D eigenvalue weighted by atomic mass is 10.1. The lowest BCUT2D eigenvalue weighted by Gasteiger charge is -2.17. The Morgan fingerprint density at radius 3 is 2.86 bits per heavy atom. The fraction of sp³-hybridized carbons (Fsp3) is 0.900. The van der Waals surface area contributed by atoms with Crippen molar-refractivity contribution in [2.75, 3.05) is 13.2 Å². The number of nitrogens with one attached hydrogen (secondary N) is 2. The van der Waals surface area contributed by atoms with Crippen molar-refractivity contribution in [1.82, 2.24) is 10.6 Å². The summed E-state index contributed by atoms with van der Waals surface area (Å²) >= 11 is 0. The van der Waals surface area contributed by atoms with Crippen LogP contribution in [0, 0.1) is 5.92 Å². The van der Waals surface area contributed by atoms with E-state index in [1.165, 1.54) is 12.8 Å². The molecular formula is C10H20N2O2. The van der Waals surface area contributed by atoms with Crippen molar-refractivity contribution in [2.45, 2.75) is 38.6 Å². The number of hydrogen-bond acceptors (Lipinski definition) is 2. The zero-order valence-electron chi connectivity index (χ0n) is 8.75. The number of urea groups is 1. The van der Waals surface area contributed by atoms with E-state index in [2.05, 4.69) is 17.6 Å². The molecule has 2 amide bonds. The van der Waals surface area contributed by atoms with Crippen LogP contribution < -0.4 is 10.6 Å². The van der Waals surface area contributed by atoms with Crippen LogP contribution in [-0.4, -0.2) is 30.3 Å². The van der Waals surface area contributed by atoms with Gasteiger partial charge in [-0.2, -0.15) is 0 Å². The van der Waals surface area contributed by atoms with Crippen molar-refractivity contribution >= 4 is 6.03 Å². The van der Waals surface area contributed by atoms with E-state index in [4.69, 9.17) is 5.11 Å². The van der Waals surface area contributed by atoms with Crippen molar-refractivity contribution in [3.05, 3.63) is 0 Å². The minimum atomic E-state index is -0.0998. The lowest BCUT2D eigenvalue weighted by molar-refractivity contribution is 0.232. The summed E-state index contributed by atoms with van der Waals surface area (Å²) in [4.78, 5) is 11.3. The average Bonchev–Trinajstić information content (AvgIpc) is 2.52. The third kappa shape index (κ3) is 3.54. The van der Waals surface area contributed by atoms with E-state index in [0.29, 0.717) is 24.9 Å². The van der Waals surface area contributed by atoms with E-state index in [1.807, 2.05) is 0 Å². The van der Waals surface area contributed by atoms with Crippen molar-refractivity contribution in [3.8, 4) is 0 Å². The summed E-state index contributed by atoms with van der Waals surface area (Å²) in [6.07, 6.45) is 4.13. The van der Waals surface area contributed by atoms with Gasteiger partial charge < -0.3 is 15.7 Å². The largest absolute Gasteiger partial charge is 0.396 e. The fourth-order valence-corrected chi connectivity index (χ4v) is 1.86. The molecule has 1 aliphatic carbocycles. The van der Waals surface area contributed by atoms with E-state index in [9.17, 15) is 4.79 Å². The van der Waals surface area contributed by atoms with Crippen molar-refractivity contribution in [3.63, 3.8) is 0 Å². The zero-order valence-corrected chi connectivity index (χ0v) is 8.75. The molecule has 3 N–H and O–H groups in total. The SMILES string of the molecule is CC1CCCC1NC(=O)NCCCO. The molecule has 1 rings (SSSR count). The summed E-state index contributed by atoms with van der Waals surface area (Å²) in [5.74, 6) is 0.596. The number of rotatable bonds is 4. The highest BCUT2D eigenvalue weighted by Crippen LogP contribution is 2.24. The monoisotopic (exact) mass is 200 g/mol. The Labute approximate surface area is 85.1 Å². The highest BCUT2D eigenvalue weighted by Gasteiger charge is 2.24. The second-order valence-corrected chi connectivity index (χ2v) is 3.99. The number of amides is 2. The van der Waals surface area contributed by atoms with Crippen LogP contribution >= 0.6 is 0 Å². The lowest BCUT2D eigenvalue weighted by Crippen LogP contribution is -2.43. The first kappa shape index (κ1) is 11.3. The molecule has 0 aliphatic heterocycles. The first-order chi connectivity index (χ1) is 6.74. The van der Waals surface area contributed by atoms with Gasteiger partial charge in [-0.25, -0.2) is 4.79 Å². The van der Waals surface area contributed by atoms with Crippen LogP contribution in [0.5, 0.6) is 0 Å². The summed E-state index contributed by atoms with van der Waals surface area (Å²) in [5.41, 5.74) is 0. The first-order valence-electron chi connectivity index (χ1n) is 5.39. The fourth-order valence-electron chi connectivity index (χ4n) is 1.86. The minimum absolute atomic E-state index is 0.0998. The first-order valence-corrected chi connectivity index (χ1v) is 5.39. The molecule has 0 spiro atoms. The van der Waals surface area contributed by atoms with Gasteiger partial charge in [0.15, 0.2) is 0 Å². The predicted octanol–water partition coefficient (Wildman–Crippen LogP) is 0.857. The number of carbonyl (C=O) groups is 1. The standard InChI is InChI=1S/C10H20N2O2/c1-8-4-2-5-9(8)12-10(14)11-6-3-7-13/h8-9,13H,2-7H2,1H3,(H2,11,12,14). The van der Waals surface area contributed by atoms with E-state index in [-0.39, 0.29) is 12.6 Å². The molecule has 0 heterocycles. The molecule has 0 bridgehead atoms. The van der Waals surface area contributed by atoms with Gasteiger partial charge in [-0.1, -0.05) is 13.3 Å². The molecule has 4 heteroatoms. The van der Waals surface area contributed by atoms with Gasteiger partial charge in [0.2, 0.25) is 0 Å². The van der Waals surface area contributed by atoms with Crippen LogP contribution in [0.25, 0.3) is 0 Å². The zero-order chi connectivity index (χ0) is 10.4. The molecule has 0 aromatic heterocycles. The van der Waals surface area contributed by atoms with Gasteiger partial charge in [0.1, 0.15) is 0 Å². The van der Waals surface area contributed by atoms with Gasteiger partial charge in [-0.05, 0) is 25.2 Å². The van der Waals surface area contributed by atoms with Crippen LogP contribution in [0.3, 0.4) is 0 Å². The Bertz CT molecular complexity index is 185. The summed E-state index contributed by atoms with van der Waals surface area (Å²) in [7, 11) is 0. The molecule has 4 nitrogen and oxygen atoms in total. The summed E-state index contributed by atoms with van der Waals surface area (Å²) in [6, 6.07) is 0.237.